The lowest BCUT2D eigenvalue weighted by Crippen LogP contribution is -1.97. The van der Waals surface area contributed by atoms with E-state index in [0.717, 1.165) is 17.7 Å². The van der Waals surface area contributed by atoms with Crippen molar-refractivity contribution in [3.63, 3.8) is 0 Å². The lowest BCUT2D eigenvalue weighted by Gasteiger charge is -2.01. The highest BCUT2D eigenvalue weighted by Gasteiger charge is 2.46. The minimum atomic E-state index is -0.318. The molecule has 0 unspecified atom stereocenters. The maximum Gasteiger partial charge on any atom is 0.235 e. The lowest BCUT2D eigenvalue weighted by molar-refractivity contribution is 0.557. The molecule has 3 nitrogen and oxygen atoms in total. The molecule has 1 heterocycles. The van der Waals surface area contributed by atoms with Gasteiger partial charge in [-0.3, -0.25) is 0 Å². The maximum atomic E-state index is 10.2. The highest BCUT2D eigenvalue weighted by molar-refractivity contribution is 7.10. The van der Waals surface area contributed by atoms with E-state index in [1.807, 2.05) is 0 Å². The zero-order valence-corrected chi connectivity index (χ0v) is 7.60. The Hall–Kier alpha value is -1.43. The van der Waals surface area contributed by atoms with Crippen LogP contribution in [0.25, 0.3) is 0 Å². The first-order valence-corrected chi connectivity index (χ1v) is 4.77. The predicted molar refractivity (Wildman–Crippen MR) is 48.1 cm³/mol. The fourth-order valence-electron chi connectivity index (χ4n) is 1.26. The third-order valence-corrected chi connectivity index (χ3v) is 3.29. The number of hydrogen-bond acceptors (Lipinski definition) is 4. The van der Waals surface area contributed by atoms with E-state index in [1.165, 1.54) is 11.3 Å². The smallest absolute Gasteiger partial charge is 0.211 e. The number of hydrogen-bond donors (Lipinski definition) is 0. The number of thiophene rings is 1. The van der Waals surface area contributed by atoms with E-state index in [2.05, 4.69) is 11.1 Å². The first-order chi connectivity index (χ1) is 6.30. The van der Waals surface area contributed by atoms with Crippen LogP contribution < -0.4 is 0 Å². The Morgan fingerprint density at radius 3 is 2.85 bits per heavy atom. The van der Waals surface area contributed by atoms with Crippen LogP contribution in [-0.4, -0.2) is 6.08 Å². The van der Waals surface area contributed by atoms with Crippen molar-refractivity contribution < 1.29 is 4.79 Å². The van der Waals surface area contributed by atoms with Crippen molar-refractivity contribution in [1.29, 1.82) is 5.26 Å². The fourth-order valence-corrected chi connectivity index (χ4v) is 2.30. The van der Waals surface area contributed by atoms with E-state index in [-0.39, 0.29) is 5.54 Å². The molecular formula is C9H6N2OS. The van der Waals surface area contributed by atoms with Gasteiger partial charge in [-0.1, -0.05) is 0 Å². The van der Waals surface area contributed by atoms with E-state index in [1.54, 1.807) is 17.5 Å². The molecule has 0 spiro atoms. The van der Waals surface area contributed by atoms with Gasteiger partial charge in [0.1, 0.15) is 11.6 Å². The molecule has 1 aromatic rings. The summed E-state index contributed by atoms with van der Waals surface area (Å²) in [4.78, 5) is 14.9. The van der Waals surface area contributed by atoms with Crippen molar-refractivity contribution in [3.05, 3.63) is 21.9 Å². The van der Waals surface area contributed by atoms with Gasteiger partial charge in [-0.25, -0.2) is 4.79 Å². The monoisotopic (exact) mass is 190 g/mol. The third-order valence-electron chi connectivity index (χ3n) is 2.17. The molecule has 0 N–H and O–H groups in total. The number of nitriles is 1. The largest absolute Gasteiger partial charge is 0.235 e. The summed E-state index contributed by atoms with van der Waals surface area (Å²) in [5.41, 5.74) is 0.328. The normalized spacial score (nSPS) is 17.2. The Balaban J connectivity index is 2.36. The summed E-state index contributed by atoms with van der Waals surface area (Å²) in [6, 6.07) is 3.86. The fraction of sp³-hybridized carbons (Fsp3) is 0.333. The quantitative estimate of drug-likeness (QED) is 0.528. The van der Waals surface area contributed by atoms with Crippen molar-refractivity contribution in [1.82, 2.24) is 0 Å². The molecule has 2 rings (SSSR count). The third kappa shape index (κ3) is 1.29. The summed E-state index contributed by atoms with van der Waals surface area (Å²) < 4.78 is 0. The molecule has 0 aromatic carbocycles. The van der Waals surface area contributed by atoms with Crippen LogP contribution in [0.1, 0.15) is 23.3 Å². The summed E-state index contributed by atoms with van der Waals surface area (Å²) in [6.45, 7) is 0. The summed E-state index contributed by atoms with van der Waals surface area (Å²) in [7, 11) is 0. The molecule has 1 saturated carbocycles. The summed E-state index contributed by atoms with van der Waals surface area (Å²) in [5, 5.41) is 10.4. The summed E-state index contributed by atoms with van der Waals surface area (Å²) >= 11 is 1.49. The maximum absolute atomic E-state index is 10.2. The first kappa shape index (κ1) is 8.18. The van der Waals surface area contributed by atoms with E-state index in [9.17, 15) is 4.79 Å². The summed E-state index contributed by atoms with van der Waals surface area (Å²) in [6.07, 6.45) is 3.39. The molecule has 0 saturated heterocycles. The first-order valence-electron chi connectivity index (χ1n) is 3.89. The number of rotatable bonds is 2. The highest BCUT2D eigenvalue weighted by Crippen LogP contribution is 2.51. The van der Waals surface area contributed by atoms with Crippen LogP contribution in [0, 0.1) is 11.3 Å². The molecular weight excluding hydrogens is 184 g/mol. The second kappa shape index (κ2) is 2.81. The Bertz CT molecular complexity index is 419. The van der Waals surface area contributed by atoms with Crippen molar-refractivity contribution in [2.75, 3.05) is 0 Å². The van der Waals surface area contributed by atoms with Gasteiger partial charge in [-0.2, -0.15) is 10.3 Å². The molecule has 0 radical (unpaired) electrons. The standard InChI is InChI=1S/C9H6N2OS/c10-4-7-3-8(13-5-7)9(1-2-9)11-6-12/h3,5H,1-2H2. The Morgan fingerprint density at radius 2 is 2.38 bits per heavy atom. The molecule has 64 valence electrons. The van der Waals surface area contributed by atoms with Gasteiger partial charge in [0.15, 0.2) is 0 Å². The van der Waals surface area contributed by atoms with Crippen molar-refractivity contribution in [2.45, 2.75) is 18.4 Å². The minimum Gasteiger partial charge on any atom is -0.211 e. The van der Waals surface area contributed by atoms with Crippen molar-refractivity contribution in [3.8, 4) is 6.07 Å². The van der Waals surface area contributed by atoms with Crippen molar-refractivity contribution in [2.24, 2.45) is 4.99 Å². The summed E-state index contributed by atoms with van der Waals surface area (Å²) in [5.74, 6) is 0. The molecule has 0 atom stereocenters. The lowest BCUT2D eigenvalue weighted by atomic mass is 10.2. The highest BCUT2D eigenvalue weighted by atomic mass is 32.1. The second-order valence-electron chi connectivity index (χ2n) is 3.05. The molecule has 13 heavy (non-hydrogen) atoms. The molecule has 1 fully saturated rings. The average molecular weight is 190 g/mol. The van der Waals surface area contributed by atoms with Crippen molar-refractivity contribution >= 4 is 17.4 Å². The van der Waals surface area contributed by atoms with Gasteiger partial charge in [0.05, 0.1) is 5.56 Å². The van der Waals surface area contributed by atoms with Crippen LogP contribution in [0.4, 0.5) is 0 Å². The van der Waals surface area contributed by atoms with Crippen LogP contribution >= 0.6 is 11.3 Å². The van der Waals surface area contributed by atoms with E-state index in [0.29, 0.717) is 5.56 Å². The second-order valence-corrected chi connectivity index (χ2v) is 3.96. The Labute approximate surface area is 79.3 Å². The molecule has 1 aliphatic carbocycles. The van der Waals surface area contributed by atoms with Gasteiger partial charge in [0, 0.05) is 10.3 Å². The van der Waals surface area contributed by atoms with Crippen LogP contribution in [-0.2, 0) is 10.3 Å². The molecule has 4 heteroatoms. The SMILES string of the molecule is N#Cc1csc(C2(N=C=O)CC2)c1. The Kier molecular flexibility index (Phi) is 1.77. The molecule has 0 aliphatic heterocycles. The van der Waals surface area contributed by atoms with Crippen LogP contribution in [0.3, 0.4) is 0 Å². The average Bonchev–Trinajstić information content (AvgIpc) is 2.78. The van der Waals surface area contributed by atoms with E-state index in [4.69, 9.17) is 5.26 Å². The van der Waals surface area contributed by atoms with E-state index >= 15 is 0 Å². The van der Waals surface area contributed by atoms with Gasteiger partial charge in [-0.15, -0.1) is 11.3 Å². The van der Waals surface area contributed by atoms with Gasteiger partial charge >= 0.3 is 0 Å². The zero-order chi connectivity index (χ0) is 9.31. The van der Waals surface area contributed by atoms with Gasteiger partial charge < -0.3 is 0 Å². The predicted octanol–water partition coefficient (Wildman–Crippen LogP) is 1.94. The van der Waals surface area contributed by atoms with Crippen LogP contribution in [0.15, 0.2) is 16.4 Å². The number of carbonyl (C=O) groups excluding carboxylic acids is 1. The Morgan fingerprint density at radius 1 is 1.62 bits per heavy atom. The number of aliphatic imine (C=N–C) groups is 1. The minimum absolute atomic E-state index is 0.318. The van der Waals surface area contributed by atoms with Crippen LogP contribution in [0.5, 0.6) is 0 Å². The molecule has 1 aliphatic rings. The number of isocyanates is 1. The number of nitrogens with zero attached hydrogens (tertiary/aromatic N) is 2. The molecule has 0 bridgehead atoms. The molecule has 0 amide bonds. The topological polar surface area (TPSA) is 53.2 Å². The van der Waals surface area contributed by atoms with Gasteiger partial charge in [-0.05, 0) is 18.9 Å². The van der Waals surface area contributed by atoms with Crippen LogP contribution in [0.2, 0.25) is 0 Å². The van der Waals surface area contributed by atoms with Gasteiger partial charge in [0.25, 0.3) is 0 Å². The van der Waals surface area contributed by atoms with E-state index < -0.39 is 0 Å². The zero-order valence-electron chi connectivity index (χ0n) is 6.78. The van der Waals surface area contributed by atoms with Gasteiger partial charge in [0.2, 0.25) is 6.08 Å². The molecule has 1 aromatic heterocycles.